The highest BCUT2D eigenvalue weighted by atomic mass is 16.5. The minimum atomic E-state index is -0.330. The molecule has 1 aromatic carbocycles. The second-order valence-electron chi connectivity index (χ2n) is 3.98. The standard InChI is InChI=1S/C15H15NO3/c1-18-15(17)10-13-14(8-5-9-16-13)19-11-12-6-3-2-4-7-12/h2-9H,10-11H2,1H3. The van der Waals surface area contributed by atoms with Crippen LogP contribution in [0.4, 0.5) is 0 Å². The fourth-order valence-electron chi connectivity index (χ4n) is 1.63. The van der Waals surface area contributed by atoms with Gasteiger partial charge in [-0.3, -0.25) is 9.78 Å². The molecule has 4 nitrogen and oxygen atoms in total. The molecule has 0 bridgehead atoms. The minimum absolute atomic E-state index is 0.113. The number of pyridine rings is 1. The van der Waals surface area contributed by atoms with E-state index in [-0.39, 0.29) is 12.4 Å². The van der Waals surface area contributed by atoms with E-state index in [1.165, 1.54) is 7.11 Å². The largest absolute Gasteiger partial charge is 0.487 e. The first kappa shape index (κ1) is 13.1. The van der Waals surface area contributed by atoms with Crippen LogP contribution in [-0.4, -0.2) is 18.1 Å². The van der Waals surface area contributed by atoms with Gasteiger partial charge < -0.3 is 9.47 Å². The Labute approximate surface area is 112 Å². The third kappa shape index (κ3) is 3.81. The van der Waals surface area contributed by atoms with E-state index in [2.05, 4.69) is 9.72 Å². The molecular formula is C15H15NO3. The Morgan fingerprint density at radius 3 is 2.68 bits per heavy atom. The highest BCUT2D eigenvalue weighted by molar-refractivity contribution is 5.72. The molecule has 4 heteroatoms. The van der Waals surface area contributed by atoms with Crippen molar-refractivity contribution in [2.45, 2.75) is 13.0 Å². The van der Waals surface area contributed by atoms with E-state index >= 15 is 0 Å². The van der Waals surface area contributed by atoms with Crippen LogP contribution in [0.2, 0.25) is 0 Å². The number of methoxy groups -OCH3 is 1. The Morgan fingerprint density at radius 2 is 1.95 bits per heavy atom. The second kappa shape index (κ2) is 6.54. The molecule has 0 unspecified atom stereocenters. The van der Waals surface area contributed by atoms with Crippen molar-refractivity contribution < 1.29 is 14.3 Å². The van der Waals surface area contributed by atoms with Crippen LogP contribution < -0.4 is 4.74 Å². The maximum atomic E-state index is 11.3. The van der Waals surface area contributed by atoms with Gasteiger partial charge in [0.1, 0.15) is 12.4 Å². The fourth-order valence-corrected chi connectivity index (χ4v) is 1.63. The first-order valence-corrected chi connectivity index (χ1v) is 5.97. The summed E-state index contributed by atoms with van der Waals surface area (Å²) >= 11 is 0. The summed E-state index contributed by atoms with van der Waals surface area (Å²) in [6.45, 7) is 0.445. The van der Waals surface area contributed by atoms with Gasteiger partial charge in [-0.25, -0.2) is 0 Å². The summed E-state index contributed by atoms with van der Waals surface area (Å²) in [5, 5.41) is 0. The van der Waals surface area contributed by atoms with E-state index in [0.717, 1.165) is 5.56 Å². The summed E-state index contributed by atoms with van der Waals surface area (Å²) in [5.74, 6) is 0.278. The van der Waals surface area contributed by atoms with Crippen LogP contribution in [0.15, 0.2) is 48.7 Å². The Balaban J connectivity index is 2.05. The smallest absolute Gasteiger partial charge is 0.311 e. The fraction of sp³-hybridized carbons (Fsp3) is 0.200. The molecule has 0 amide bonds. The zero-order chi connectivity index (χ0) is 13.5. The normalized spacial score (nSPS) is 9.95. The van der Waals surface area contributed by atoms with E-state index in [9.17, 15) is 4.79 Å². The first-order valence-electron chi connectivity index (χ1n) is 5.97. The number of ether oxygens (including phenoxy) is 2. The first-order chi connectivity index (χ1) is 9.29. The molecule has 0 radical (unpaired) electrons. The van der Waals surface area contributed by atoms with Gasteiger partial charge in [0, 0.05) is 6.20 Å². The predicted molar refractivity (Wildman–Crippen MR) is 70.7 cm³/mol. The quantitative estimate of drug-likeness (QED) is 0.772. The van der Waals surface area contributed by atoms with Crippen LogP contribution in [0.5, 0.6) is 5.75 Å². The summed E-state index contributed by atoms with van der Waals surface area (Å²) < 4.78 is 10.3. The third-order valence-electron chi connectivity index (χ3n) is 2.63. The van der Waals surface area contributed by atoms with Crippen LogP contribution in [-0.2, 0) is 22.6 Å². The van der Waals surface area contributed by atoms with E-state index in [1.54, 1.807) is 18.3 Å². The Bertz CT molecular complexity index is 540. The molecular weight excluding hydrogens is 242 g/mol. The zero-order valence-corrected chi connectivity index (χ0v) is 10.7. The molecule has 1 aromatic heterocycles. The van der Waals surface area contributed by atoms with Crippen molar-refractivity contribution in [1.82, 2.24) is 4.98 Å². The molecule has 1 heterocycles. The van der Waals surface area contributed by atoms with E-state index in [4.69, 9.17) is 4.74 Å². The third-order valence-corrected chi connectivity index (χ3v) is 2.63. The van der Waals surface area contributed by atoms with Crippen molar-refractivity contribution in [2.75, 3.05) is 7.11 Å². The molecule has 0 saturated heterocycles. The van der Waals surface area contributed by atoms with Crippen molar-refractivity contribution in [2.24, 2.45) is 0 Å². The van der Waals surface area contributed by atoms with Gasteiger partial charge in [0.05, 0.1) is 19.2 Å². The SMILES string of the molecule is COC(=O)Cc1ncccc1OCc1ccccc1. The van der Waals surface area contributed by atoms with Crippen molar-refractivity contribution >= 4 is 5.97 Å². The molecule has 0 aliphatic rings. The maximum Gasteiger partial charge on any atom is 0.311 e. The number of carbonyl (C=O) groups excluding carboxylic acids is 1. The molecule has 98 valence electrons. The van der Waals surface area contributed by atoms with Crippen molar-refractivity contribution in [1.29, 1.82) is 0 Å². The lowest BCUT2D eigenvalue weighted by Gasteiger charge is -2.09. The monoisotopic (exact) mass is 257 g/mol. The van der Waals surface area contributed by atoms with E-state index in [0.29, 0.717) is 18.1 Å². The summed E-state index contributed by atoms with van der Waals surface area (Å²) in [6.07, 6.45) is 1.75. The van der Waals surface area contributed by atoms with Gasteiger partial charge in [0.15, 0.2) is 0 Å². The van der Waals surface area contributed by atoms with Crippen LogP contribution in [0.1, 0.15) is 11.3 Å². The highest BCUT2D eigenvalue weighted by Gasteiger charge is 2.10. The topological polar surface area (TPSA) is 48.4 Å². The molecule has 2 aromatic rings. The average molecular weight is 257 g/mol. The Kier molecular flexibility index (Phi) is 4.50. The van der Waals surface area contributed by atoms with Crippen molar-refractivity contribution in [3.8, 4) is 5.75 Å². The number of aromatic nitrogens is 1. The van der Waals surface area contributed by atoms with Gasteiger partial charge in [-0.05, 0) is 17.7 Å². The lowest BCUT2D eigenvalue weighted by atomic mass is 10.2. The molecule has 0 saturated carbocycles. The number of hydrogen-bond acceptors (Lipinski definition) is 4. The van der Waals surface area contributed by atoms with Gasteiger partial charge in [-0.2, -0.15) is 0 Å². The van der Waals surface area contributed by atoms with Crippen molar-refractivity contribution in [3.63, 3.8) is 0 Å². The molecule has 0 aliphatic heterocycles. The second-order valence-corrected chi connectivity index (χ2v) is 3.98. The number of benzene rings is 1. The number of hydrogen-bond donors (Lipinski definition) is 0. The number of carbonyl (C=O) groups is 1. The Morgan fingerprint density at radius 1 is 1.16 bits per heavy atom. The van der Waals surface area contributed by atoms with Gasteiger partial charge in [-0.1, -0.05) is 30.3 Å². The van der Waals surface area contributed by atoms with Gasteiger partial charge in [0.25, 0.3) is 0 Å². The Hall–Kier alpha value is -2.36. The number of esters is 1. The lowest BCUT2D eigenvalue weighted by Crippen LogP contribution is -2.08. The summed E-state index contributed by atoms with van der Waals surface area (Å²) in [6, 6.07) is 13.4. The van der Waals surface area contributed by atoms with Gasteiger partial charge in [0.2, 0.25) is 0 Å². The molecule has 0 atom stereocenters. The molecule has 0 aliphatic carbocycles. The summed E-state index contributed by atoms with van der Waals surface area (Å²) in [7, 11) is 1.36. The molecule has 19 heavy (non-hydrogen) atoms. The molecule has 0 N–H and O–H groups in total. The van der Waals surface area contributed by atoms with Crippen LogP contribution >= 0.6 is 0 Å². The average Bonchev–Trinajstić information content (AvgIpc) is 2.47. The van der Waals surface area contributed by atoms with Crippen LogP contribution in [0.25, 0.3) is 0 Å². The summed E-state index contributed by atoms with van der Waals surface area (Å²) in [5.41, 5.74) is 1.65. The van der Waals surface area contributed by atoms with Gasteiger partial charge >= 0.3 is 5.97 Å². The molecule has 0 spiro atoms. The van der Waals surface area contributed by atoms with E-state index in [1.807, 2.05) is 30.3 Å². The van der Waals surface area contributed by atoms with Crippen LogP contribution in [0, 0.1) is 0 Å². The maximum absolute atomic E-state index is 11.3. The van der Waals surface area contributed by atoms with Crippen LogP contribution in [0.3, 0.4) is 0 Å². The van der Waals surface area contributed by atoms with Gasteiger partial charge in [-0.15, -0.1) is 0 Å². The zero-order valence-electron chi connectivity index (χ0n) is 10.7. The highest BCUT2D eigenvalue weighted by Crippen LogP contribution is 2.17. The lowest BCUT2D eigenvalue weighted by molar-refractivity contribution is -0.139. The molecule has 0 fully saturated rings. The van der Waals surface area contributed by atoms with Crippen molar-refractivity contribution in [3.05, 3.63) is 59.9 Å². The predicted octanol–water partition coefficient (Wildman–Crippen LogP) is 2.38. The molecule has 2 rings (SSSR count). The number of nitrogens with zero attached hydrogens (tertiary/aromatic N) is 1. The minimum Gasteiger partial charge on any atom is -0.487 e. The van der Waals surface area contributed by atoms with E-state index < -0.39 is 0 Å². The number of rotatable bonds is 5. The summed E-state index contributed by atoms with van der Waals surface area (Å²) in [4.78, 5) is 15.4.